The Morgan fingerprint density at radius 2 is 2.03 bits per heavy atom. The van der Waals surface area contributed by atoms with Gasteiger partial charge in [-0.2, -0.15) is 4.68 Å². The molecule has 1 amide bonds. The van der Waals surface area contributed by atoms with Gasteiger partial charge in [0.15, 0.2) is 0 Å². The molecule has 0 aliphatic rings. The summed E-state index contributed by atoms with van der Waals surface area (Å²) in [6.45, 7) is 0.358. The molecular weight excluding hydrogens is 402 g/mol. The maximum absolute atomic E-state index is 12.6. The molecule has 9 nitrogen and oxygen atoms in total. The Morgan fingerprint density at radius 3 is 2.77 bits per heavy atom. The fourth-order valence-corrected chi connectivity index (χ4v) is 3.21. The Labute approximate surface area is 177 Å². The van der Waals surface area contributed by atoms with Crippen molar-refractivity contribution in [3.63, 3.8) is 0 Å². The number of tetrazole rings is 1. The van der Waals surface area contributed by atoms with Gasteiger partial charge in [0.1, 0.15) is 18.2 Å². The molecule has 2 aromatic carbocycles. The lowest BCUT2D eigenvalue weighted by Crippen LogP contribution is -2.12. The number of aryl methyl sites for hydroxylation is 1. The van der Waals surface area contributed by atoms with Crippen molar-refractivity contribution in [1.29, 1.82) is 0 Å². The van der Waals surface area contributed by atoms with Crippen LogP contribution in [0.25, 0.3) is 5.69 Å². The van der Waals surface area contributed by atoms with Gasteiger partial charge in [-0.15, -0.1) is 5.10 Å². The standard InChI is InChI=1S/C20H19N7O2S/c1-26-11-10-21-18(26)13-29-17-8-6-14(7-9-17)19(28)22-15-4-3-5-16(12-15)27-20(30-2)23-24-25-27/h3-12H,13H2,1-2H3,(H,22,28). The Morgan fingerprint density at radius 1 is 1.20 bits per heavy atom. The van der Waals surface area contributed by atoms with Crippen LogP contribution in [0.2, 0.25) is 0 Å². The second-order valence-electron chi connectivity index (χ2n) is 6.35. The molecule has 0 saturated carbocycles. The van der Waals surface area contributed by atoms with Crippen LogP contribution in [-0.4, -0.2) is 41.9 Å². The average Bonchev–Trinajstić information content (AvgIpc) is 3.41. The third kappa shape index (κ3) is 4.33. The van der Waals surface area contributed by atoms with Gasteiger partial charge in [-0.05, 0) is 59.1 Å². The molecule has 152 valence electrons. The number of benzene rings is 2. The summed E-state index contributed by atoms with van der Waals surface area (Å²) in [4.78, 5) is 16.8. The molecule has 0 aliphatic heterocycles. The maximum atomic E-state index is 12.6. The molecule has 1 N–H and O–H groups in total. The zero-order chi connectivity index (χ0) is 20.9. The number of imidazole rings is 1. The maximum Gasteiger partial charge on any atom is 0.255 e. The van der Waals surface area contributed by atoms with E-state index in [-0.39, 0.29) is 5.91 Å². The van der Waals surface area contributed by atoms with Gasteiger partial charge in [0.2, 0.25) is 5.16 Å². The number of carbonyl (C=O) groups is 1. The summed E-state index contributed by atoms with van der Waals surface area (Å²) in [5.41, 5.74) is 1.94. The molecule has 0 bridgehead atoms. The van der Waals surface area contributed by atoms with Gasteiger partial charge in [-0.25, -0.2) is 4.98 Å². The number of anilines is 1. The highest BCUT2D eigenvalue weighted by Crippen LogP contribution is 2.20. The highest BCUT2D eigenvalue weighted by Gasteiger charge is 2.10. The van der Waals surface area contributed by atoms with Gasteiger partial charge in [0.05, 0.1) is 5.69 Å². The van der Waals surface area contributed by atoms with E-state index in [1.807, 2.05) is 48.3 Å². The Kier molecular flexibility index (Phi) is 5.75. The van der Waals surface area contributed by atoms with Crippen molar-refractivity contribution in [1.82, 2.24) is 29.8 Å². The lowest BCUT2D eigenvalue weighted by atomic mass is 10.2. The van der Waals surface area contributed by atoms with Crippen molar-refractivity contribution in [2.45, 2.75) is 11.8 Å². The Balaban J connectivity index is 1.41. The quantitative estimate of drug-likeness (QED) is 0.458. The molecule has 0 aliphatic carbocycles. The van der Waals surface area contributed by atoms with Gasteiger partial charge in [-0.1, -0.05) is 17.8 Å². The summed E-state index contributed by atoms with van der Waals surface area (Å²) in [6, 6.07) is 14.3. The first kappa shape index (κ1) is 19.6. The van der Waals surface area contributed by atoms with Gasteiger partial charge in [-0.3, -0.25) is 4.79 Å². The monoisotopic (exact) mass is 421 g/mol. The molecule has 30 heavy (non-hydrogen) atoms. The molecule has 4 aromatic rings. The molecule has 4 rings (SSSR count). The van der Waals surface area contributed by atoms with Gasteiger partial charge in [0, 0.05) is 30.7 Å². The van der Waals surface area contributed by atoms with Crippen LogP contribution in [0, 0.1) is 0 Å². The zero-order valence-electron chi connectivity index (χ0n) is 16.4. The molecule has 0 atom stereocenters. The Hall–Kier alpha value is -3.66. The lowest BCUT2D eigenvalue weighted by Gasteiger charge is -2.09. The highest BCUT2D eigenvalue weighted by atomic mass is 32.2. The number of aromatic nitrogens is 6. The second-order valence-corrected chi connectivity index (χ2v) is 7.12. The first-order chi connectivity index (χ1) is 14.6. The topological polar surface area (TPSA) is 99.8 Å². The van der Waals surface area contributed by atoms with E-state index in [1.165, 1.54) is 11.8 Å². The van der Waals surface area contributed by atoms with Crippen LogP contribution >= 0.6 is 11.8 Å². The Bertz CT molecular complexity index is 1150. The van der Waals surface area contributed by atoms with Crippen molar-refractivity contribution in [3.05, 3.63) is 72.3 Å². The largest absolute Gasteiger partial charge is 0.486 e. The van der Waals surface area contributed by atoms with E-state index in [0.29, 0.717) is 28.8 Å². The van der Waals surface area contributed by atoms with Crippen molar-refractivity contribution >= 4 is 23.4 Å². The first-order valence-electron chi connectivity index (χ1n) is 9.07. The van der Waals surface area contributed by atoms with Crippen molar-refractivity contribution < 1.29 is 9.53 Å². The van der Waals surface area contributed by atoms with Crippen LogP contribution in [0.15, 0.2) is 66.1 Å². The number of hydrogen-bond acceptors (Lipinski definition) is 7. The fourth-order valence-electron chi connectivity index (χ4n) is 2.77. The molecule has 0 radical (unpaired) electrons. The minimum absolute atomic E-state index is 0.218. The van der Waals surface area contributed by atoms with E-state index in [1.54, 1.807) is 35.1 Å². The number of nitrogens with zero attached hydrogens (tertiary/aromatic N) is 6. The summed E-state index contributed by atoms with van der Waals surface area (Å²) < 4.78 is 9.24. The van der Waals surface area contributed by atoms with Gasteiger partial charge in [0.25, 0.3) is 5.91 Å². The predicted octanol–water partition coefficient (Wildman–Crippen LogP) is 2.95. The van der Waals surface area contributed by atoms with Crippen molar-refractivity contribution in [2.24, 2.45) is 7.05 Å². The van der Waals surface area contributed by atoms with Crippen LogP contribution < -0.4 is 10.1 Å². The van der Waals surface area contributed by atoms with E-state index >= 15 is 0 Å². The number of carbonyl (C=O) groups excluding carboxylic acids is 1. The minimum Gasteiger partial charge on any atom is -0.486 e. The van der Waals surface area contributed by atoms with Gasteiger partial charge < -0.3 is 14.6 Å². The summed E-state index contributed by atoms with van der Waals surface area (Å²) in [6.07, 6.45) is 5.49. The number of thioether (sulfide) groups is 1. The van der Waals surface area contributed by atoms with Crippen LogP contribution in [0.5, 0.6) is 5.75 Å². The summed E-state index contributed by atoms with van der Waals surface area (Å²) in [7, 11) is 1.91. The van der Waals surface area contributed by atoms with Crippen LogP contribution in [0.1, 0.15) is 16.2 Å². The number of nitrogens with one attached hydrogen (secondary N) is 1. The lowest BCUT2D eigenvalue weighted by molar-refractivity contribution is 0.102. The number of amides is 1. The number of ether oxygens (including phenoxy) is 1. The highest BCUT2D eigenvalue weighted by molar-refractivity contribution is 7.98. The fraction of sp³-hybridized carbons (Fsp3) is 0.150. The summed E-state index contributed by atoms with van der Waals surface area (Å²) in [5, 5.41) is 15.2. The molecule has 0 unspecified atom stereocenters. The number of rotatable bonds is 7. The summed E-state index contributed by atoms with van der Waals surface area (Å²) >= 11 is 1.44. The number of hydrogen-bond donors (Lipinski definition) is 1. The molecule has 2 aromatic heterocycles. The third-order valence-corrected chi connectivity index (χ3v) is 5.00. The van der Waals surface area contributed by atoms with E-state index in [4.69, 9.17) is 4.74 Å². The van der Waals surface area contributed by atoms with E-state index < -0.39 is 0 Å². The smallest absolute Gasteiger partial charge is 0.255 e. The molecule has 0 spiro atoms. The minimum atomic E-state index is -0.218. The van der Waals surface area contributed by atoms with E-state index in [9.17, 15) is 4.79 Å². The van der Waals surface area contributed by atoms with Gasteiger partial charge >= 0.3 is 0 Å². The first-order valence-corrected chi connectivity index (χ1v) is 10.3. The van der Waals surface area contributed by atoms with Crippen LogP contribution in [-0.2, 0) is 13.7 Å². The predicted molar refractivity (Wildman–Crippen MR) is 113 cm³/mol. The molecular formula is C20H19N7O2S. The van der Waals surface area contributed by atoms with E-state index in [0.717, 1.165) is 11.5 Å². The summed E-state index contributed by atoms with van der Waals surface area (Å²) in [5.74, 6) is 1.27. The zero-order valence-corrected chi connectivity index (χ0v) is 17.2. The normalized spacial score (nSPS) is 10.7. The molecule has 0 saturated heterocycles. The van der Waals surface area contributed by atoms with Crippen LogP contribution in [0.3, 0.4) is 0 Å². The average molecular weight is 421 g/mol. The van der Waals surface area contributed by atoms with Crippen molar-refractivity contribution in [3.8, 4) is 11.4 Å². The second kappa shape index (κ2) is 8.78. The molecule has 2 heterocycles. The SMILES string of the molecule is CSc1nnnn1-c1cccc(NC(=O)c2ccc(OCc3nccn3C)cc2)c1. The van der Waals surface area contributed by atoms with Crippen LogP contribution in [0.4, 0.5) is 5.69 Å². The van der Waals surface area contributed by atoms with Crippen molar-refractivity contribution in [2.75, 3.05) is 11.6 Å². The molecule has 0 fully saturated rings. The molecule has 10 heteroatoms. The third-order valence-electron chi connectivity index (χ3n) is 4.38. The van der Waals surface area contributed by atoms with E-state index in [2.05, 4.69) is 25.8 Å².